The molecule has 19 heavy (non-hydrogen) atoms. The van der Waals surface area contributed by atoms with Crippen molar-refractivity contribution in [2.45, 2.75) is 30.8 Å². The molecule has 2 unspecified atom stereocenters. The Balaban J connectivity index is 2.62. The first-order valence-electron chi connectivity index (χ1n) is 5.60. The number of nitrogens with two attached hydrogens (primary N) is 2. The van der Waals surface area contributed by atoms with Gasteiger partial charge in [0.2, 0.25) is 0 Å². The molecular formula is C11H15N3O5. The van der Waals surface area contributed by atoms with Gasteiger partial charge in [-0.25, -0.2) is 0 Å². The number of allylic oxidation sites excluding steroid dienone is 1. The zero-order valence-electron chi connectivity index (χ0n) is 10.1. The summed E-state index contributed by atoms with van der Waals surface area (Å²) in [6.45, 7) is 0. The predicted octanol–water partition coefficient (Wildman–Crippen LogP) is -0.434. The van der Waals surface area contributed by atoms with Gasteiger partial charge in [0.1, 0.15) is 6.04 Å². The van der Waals surface area contributed by atoms with Gasteiger partial charge in [-0.3, -0.25) is 19.7 Å². The molecule has 8 heteroatoms. The largest absolute Gasteiger partial charge is 0.480 e. The van der Waals surface area contributed by atoms with E-state index in [-0.39, 0.29) is 30.7 Å². The third kappa shape index (κ3) is 3.70. The average molecular weight is 269 g/mol. The van der Waals surface area contributed by atoms with E-state index in [0.717, 1.165) is 0 Å². The third-order valence-electron chi connectivity index (χ3n) is 2.93. The molecule has 0 heterocycles. The molecule has 0 saturated heterocycles. The van der Waals surface area contributed by atoms with Crippen LogP contribution in [-0.4, -0.2) is 33.4 Å². The minimum absolute atomic E-state index is 0.0148. The number of carbonyl (C=O) groups is 2. The lowest BCUT2D eigenvalue weighted by atomic mass is 9.84. The van der Waals surface area contributed by atoms with Gasteiger partial charge in [-0.15, -0.1) is 0 Å². The van der Waals surface area contributed by atoms with Crippen LogP contribution in [0.15, 0.2) is 23.9 Å². The lowest BCUT2D eigenvalue weighted by molar-refractivity contribution is -0.419. The van der Waals surface area contributed by atoms with E-state index in [1.54, 1.807) is 0 Å². The Kier molecular flexibility index (Phi) is 4.52. The fourth-order valence-electron chi connectivity index (χ4n) is 1.63. The summed E-state index contributed by atoms with van der Waals surface area (Å²) < 4.78 is 0. The molecule has 0 radical (unpaired) electrons. The van der Waals surface area contributed by atoms with Gasteiger partial charge in [0.15, 0.2) is 5.78 Å². The highest BCUT2D eigenvalue weighted by molar-refractivity contribution is 5.91. The number of hydrogen-bond acceptors (Lipinski definition) is 6. The van der Waals surface area contributed by atoms with Gasteiger partial charge < -0.3 is 16.6 Å². The Morgan fingerprint density at radius 1 is 1.58 bits per heavy atom. The van der Waals surface area contributed by atoms with Crippen molar-refractivity contribution in [3.8, 4) is 0 Å². The number of carbonyl (C=O) groups excluding carboxylic acids is 1. The molecule has 0 saturated carbocycles. The van der Waals surface area contributed by atoms with Crippen molar-refractivity contribution in [3.63, 3.8) is 0 Å². The molecule has 1 rings (SSSR count). The number of carboxylic acid groups (broad SMARTS) is 1. The first-order valence-corrected chi connectivity index (χ1v) is 5.60. The molecule has 0 amide bonds. The fraction of sp³-hybridized carbons (Fsp3) is 0.455. The highest BCUT2D eigenvalue weighted by Gasteiger charge is 2.33. The van der Waals surface area contributed by atoms with Crippen molar-refractivity contribution < 1.29 is 19.6 Å². The Hall–Kier alpha value is -2.06. The van der Waals surface area contributed by atoms with Crippen molar-refractivity contribution in [1.29, 1.82) is 0 Å². The van der Waals surface area contributed by atoms with E-state index in [4.69, 9.17) is 16.6 Å². The molecule has 8 nitrogen and oxygen atoms in total. The second-order valence-electron chi connectivity index (χ2n) is 4.37. The molecule has 0 aromatic carbocycles. The maximum Gasteiger partial charge on any atom is 0.320 e. The van der Waals surface area contributed by atoms with Gasteiger partial charge >= 0.3 is 5.97 Å². The van der Waals surface area contributed by atoms with Crippen LogP contribution >= 0.6 is 0 Å². The van der Waals surface area contributed by atoms with Crippen LogP contribution < -0.4 is 11.5 Å². The molecular weight excluding hydrogens is 254 g/mol. The van der Waals surface area contributed by atoms with Crippen molar-refractivity contribution >= 4 is 11.8 Å². The second-order valence-corrected chi connectivity index (χ2v) is 4.37. The van der Waals surface area contributed by atoms with Gasteiger partial charge in [0.05, 0.1) is 10.5 Å². The Morgan fingerprint density at radius 2 is 2.21 bits per heavy atom. The molecule has 0 spiro atoms. The summed E-state index contributed by atoms with van der Waals surface area (Å²) in [7, 11) is 0. The Labute approximate surface area is 108 Å². The van der Waals surface area contributed by atoms with E-state index in [1.807, 2.05) is 0 Å². The van der Waals surface area contributed by atoms with E-state index in [2.05, 4.69) is 0 Å². The first kappa shape index (κ1) is 15.0. The number of carboxylic acids is 1. The number of rotatable bonds is 6. The molecule has 5 N–H and O–H groups in total. The zero-order valence-corrected chi connectivity index (χ0v) is 10.1. The van der Waals surface area contributed by atoms with E-state index < -0.39 is 22.5 Å². The van der Waals surface area contributed by atoms with E-state index >= 15 is 0 Å². The van der Waals surface area contributed by atoms with Gasteiger partial charge in [-0.2, -0.15) is 0 Å². The van der Waals surface area contributed by atoms with E-state index in [9.17, 15) is 19.7 Å². The standard InChI is InChI=1S/C11H15N3O5/c12-8(10(16)17)1-2-9(15)11(13)5-3-7(4-6-11)14(18)19/h3-5,8H,1-2,6,12-13H2,(H,16,17). The SMILES string of the molecule is NC(CCC(=O)C1(N)C=CC([N+](=O)[O-])=CC1)C(=O)O. The van der Waals surface area contributed by atoms with E-state index in [1.165, 1.54) is 18.2 Å². The zero-order chi connectivity index (χ0) is 14.6. The number of nitro groups is 1. The van der Waals surface area contributed by atoms with E-state index in [0.29, 0.717) is 0 Å². The highest BCUT2D eigenvalue weighted by Crippen LogP contribution is 2.22. The normalized spacial score (nSPS) is 23.6. The summed E-state index contributed by atoms with van der Waals surface area (Å²) in [4.78, 5) is 32.4. The summed E-state index contributed by atoms with van der Waals surface area (Å²) in [5.74, 6) is -1.58. The summed E-state index contributed by atoms with van der Waals surface area (Å²) in [5.41, 5.74) is 9.69. The highest BCUT2D eigenvalue weighted by atomic mass is 16.6. The van der Waals surface area contributed by atoms with Crippen LogP contribution in [0.3, 0.4) is 0 Å². The topological polar surface area (TPSA) is 150 Å². The number of Topliss-reactive ketones (excluding diaryl/α,β-unsaturated/α-hetero) is 1. The molecule has 1 aliphatic rings. The quantitative estimate of drug-likeness (QED) is 0.437. The average Bonchev–Trinajstić information content (AvgIpc) is 2.35. The second kappa shape index (κ2) is 5.72. The van der Waals surface area contributed by atoms with Gasteiger partial charge in [-0.05, 0) is 12.5 Å². The number of nitrogens with zero attached hydrogens (tertiary/aromatic N) is 1. The van der Waals surface area contributed by atoms with Gasteiger partial charge in [0.25, 0.3) is 5.70 Å². The minimum Gasteiger partial charge on any atom is -0.480 e. The minimum atomic E-state index is -1.32. The monoisotopic (exact) mass is 269 g/mol. The summed E-state index contributed by atoms with van der Waals surface area (Å²) in [5, 5.41) is 19.1. The van der Waals surface area contributed by atoms with Crippen LogP contribution in [-0.2, 0) is 9.59 Å². The summed E-state index contributed by atoms with van der Waals surface area (Å²) >= 11 is 0. The Morgan fingerprint density at radius 3 is 2.63 bits per heavy atom. The first-order chi connectivity index (χ1) is 8.76. The van der Waals surface area contributed by atoms with Crippen molar-refractivity contribution in [1.82, 2.24) is 0 Å². The van der Waals surface area contributed by atoms with Crippen molar-refractivity contribution in [3.05, 3.63) is 34.0 Å². The van der Waals surface area contributed by atoms with Crippen LogP contribution in [0, 0.1) is 10.1 Å². The molecule has 0 fully saturated rings. The van der Waals surface area contributed by atoms with Crippen LogP contribution in [0.25, 0.3) is 0 Å². The maximum atomic E-state index is 11.9. The molecule has 0 aliphatic heterocycles. The lowest BCUT2D eigenvalue weighted by Gasteiger charge is -2.25. The van der Waals surface area contributed by atoms with Crippen molar-refractivity contribution in [2.24, 2.45) is 11.5 Å². The summed E-state index contributed by atoms with van der Waals surface area (Å²) in [6.07, 6.45) is 3.64. The number of aliphatic carboxylic acids is 1. The van der Waals surface area contributed by atoms with Crippen molar-refractivity contribution in [2.75, 3.05) is 0 Å². The van der Waals surface area contributed by atoms with Crippen LogP contribution in [0.5, 0.6) is 0 Å². The molecule has 0 aromatic rings. The van der Waals surface area contributed by atoms with Crippen LogP contribution in [0.2, 0.25) is 0 Å². The molecule has 104 valence electrons. The molecule has 2 atom stereocenters. The molecule has 0 bridgehead atoms. The maximum absolute atomic E-state index is 11.9. The predicted molar refractivity (Wildman–Crippen MR) is 65.6 cm³/mol. The Bertz CT molecular complexity index is 471. The van der Waals surface area contributed by atoms with Crippen LogP contribution in [0.4, 0.5) is 0 Å². The number of hydrogen-bond donors (Lipinski definition) is 3. The number of ketones is 1. The molecule has 0 aromatic heterocycles. The fourth-order valence-corrected chi connectivity index (χ4v) is 1.63. The smallest absolute Gasteiger partial charge is 0.320 e. The van der Waals surface area contributed by atoms with Gasteiger partial charge in [0, 0.05) is 18.9 Å². The third-order valence-corrected chi connectivity index (χ3v) is 2.93. The van der Waals surface area contributed by atoms with Crippen LogP contribution in [0.1, 0.15) is 19.3 Å². The molecule has 1 aliphatic carbocycles. The summed E-state index contributed by atoms with van der Waals surface area (Å²) in [6, 6.07) is -1.12. The van der Waals surface area contributed by atoms with Gasteiger partial charge in [-0.1, -0.05) is 6.08 Å². The lowest BCUT2D eigenvalue weighted by Crippen LogP contribution is -2.47.